The molecule has 0 spiro atoms. The first-order valence-electron chi connectivity index (χ1n) is 30.4. The number of rotatable bonds is 52. The van der Waals surface area contributed by atoms with Gasteiger partial charge in [-0.2, -0.15) is 0 Å². The molecule has 0 aromatic rings. The van der Waals surface area contributed by atoms with Gasteiger partial charge < -0.3 is 14.2 Å². The highest BCUT2D eigenvalue weighted by atomic mass is 16.6. The number of esters is 3. The predicted octanol–water partition coefficient (Wildman–Crippen LogP) is 21.0. The molecule has 0 saturated carbocycles. The van der Waals surface area contributed by atoms with Crippen molar-refractivity contribution in [3.8, 4) is 0 Å². The van der Waals surface area contributed by atoms with Gasteiger partial charge >= 0.3 is 17.9 Å². The van der Waals surface area contributed by atoms with Crippen LogP contribution in [0.5, 0.6) is 0 Å². The molecule has 1 unspecified atom stereocenters. The standard InChI is InChI=1S/C72H108O6/c1-4-7-10-13-16-18-20-22-24-26-28-30-32-33-34-35-36-37-38-39-41-42-44-46-48-50-52-54-56-59-62-65-71(74)77-68-69(67-76-70(73)64-61-58-15-12-9-6-3)78-72(75)66-63-60-57-55-53-51-49-47-45-43-40-31-29-27-25-23-21-19-17-14-11-8-5-2/h7-8,10-11,16-19,22-25,28-31,33-34,36-37,39,41,43-46,49-52,55,57,69H,4-6,9,12-15,20-21,26-27,32,35,38,40,42,47-48,53-54,56,58-68H2,1-3H3/b10-7-,11-8-,18-16-,19-17-,24-22-,25-23-,30-28-,31-29-,34-33-,37-36-,41-39-,45-43-,46-44-,51-49-,52-50-,57-55-. The lowest BCUT2D eigenvalue weighted by Crippen LogP contribution is -2.30. The maximum atomic E-state index is 12.8. The molecule has 0 radical (unpaired) electrons. The van der Waals surface area contributed by atoms with E-state index in [4.69, 9.17) is 14.2 Å². The van der Waals surface area contributed by atoms with Gasteiger partial charge in [-0.3, -0.25) is 14.4 Å². The lowest BCUT2D eigenvalue weighted by atomic mass is 10.1. The highest BCUT2D eigenvalue weighted by Crippen LogP contribution is 2.11. The Morgan fingerprint density at radius 3 is 0.821 bits per heavy atom. The minimum Gasteiger partial charge on any atom is -0.462 e. The number of carbonyl (C=O) groups is 3. The zero-order chi connectivity index (χ0) is 56.4. The Morgan fingerprint density at radius 2 is 0.513 bits per heavy atom. The fourth-order valence-electron chi connectivity index (χ4n) is 7.36. The van der Waals surface area contributed by atoms with Crippen molar-refractivity contribution in [3.05, 3.63) is 194 Å². The lowest BCUT2D eigenvalue weighted by molar-refractivity contribution is -0.167. The average Bonchev–Trinajstić information content (AvgIpc) is 3.44. The van der Waals surface area contributed by atoms with Gasteiger partial charge in [0.25, 0.3) is 0 Å². The van der Waals surface area contributed by atoms with Gasteiger partial charge in [0, 0.05) is 19.3 Å². The van der Waals surface area contributed by atoms with Gasteiger partial charge in [0.2, 0.25) is 0 Å². The monoisotopic (exact) mass is 1070 g/mol. The van der Waals surface area contributed by atoms with Crippen LogP contribution in [0.25, 0.3) is 0 Å². The summed E-state index contributed by atoms with van der Waals surface area (Å²) < 4.78 is 16.7. The van der Waals surface area contributed by atoms with Gasteiger partial charge in [-0.15, -0.1) is 0 Å². The third-order valence-corrected chi connectivity index (χ3v) is 11.8. The molecule has 0 aliphatic rings. The Kier molecular flexibility index (Phi) is 59.1. The molecule has 1 atom stereocenters. The Bertz CT molecular complexity index is 1900. The van der Waals surface area contributed by atoms with Gasteiger partial charge in [0.1, 0.15) is 13.2 Å². The van der Waals surface area contributed by atoms with Crippen molar-refractivity contribution in [2.45, 2.75) is 226 Å². The largest absolute Gasteiger partial charge is 0.462 e. The number of hydrogen-bond acceptors (Lipinski definition) is 6. The molecule has 0 fully saturated rings. The van der Waals surface area contributed by atoms with Gasteiger partial charge in [-0.25, -0.2) is 0 Å². The lowest BCUT2D eigenvalue weighted by Gasteiger charge is -2.18. The minimum atomic E-state index is -0.831. The number of carbonyl (C=O) groups excluding carboxylic acids is 3. The molecule has 0 aromatic heterocycles. The van der Waals surface area contributed by atoms with Crippen LogP contribution in [0.2, 0.25) is 0 Å². The van der Waals surface area contributed by atoms with Crippen LogP contribution >= 0.6 is 0 Å². The molecule has 78 heavy (non-hydrogen) atoms. The third-order valence-electron chi connectivity index (χ3n) is 11.8. The zero-order valence-electron chi connectivity index (χ0n) is 49.3. The smallest absolute Gasteiger partial charge is 0.306 e. The number of unbranched alkanes of at least 4 members (excludes halogenated alkanes) is 9. The minimum absolute atomic E-state index is 0.122. The van der Waals surface area contributed by atoms with E-state index in [1.807, 2.05) is 0 Å². The molecule has 0 saturated heterocycles. The molecule has 0 aliphatic carbocycles. The van der Waals surface area contributed by atoms with E-state index < -0.39 is 6.10 Å². The summed E-state index contributed by atoms with van der Waals surface area (Å²) in [6, 6.07) is 0. The van der Waals surface area contributed by atoms with Gasteiger partial charge in [-0.1, -0.05) is 254 Å². The van der Waals surface area contributed by atoms with E-state index in [1.54, 1.807) is 0 Å². The van der Waals surface area contributed by atoms with Crippen LogP contribution in [-0.4, -0.2) is 37.2 Å². The van der Waals surface area contributed by atoms with Crippen molar-refractivity contribution in [1.29, 1.82) is 0 Å². The molecule has 0 N–H and O–H groups in total. The van der Waals surface area contributed by atoms with E-state index in [0.717, 1.165) is 154 Å². The van der Waals surface area contributed by atoms with Crippen molar-refractivity contribution in [2.75, 3.05) is 13.2 Å². The Hall–Kier alpha value is -5.75. The summed E-state index contributed by atoms with van der Waals surface area (Å²) in [6.07, 6.45) is 97.5. The van der Waals surface area contributed by atoms with Gasteiger partial charge in [0.15, 0.2) is 6.10 Å². The predicted molar refractivity (Wildman–Crippen MR) is 338 cm³/mol. The first kappa shape index (κ1) is 72.2. The van der Waals surface area contributed by atoms with Gasteiger partial charge in [0.05, 0.1) is 0 Å². The topological polar surface area (TPSA) is 78.9 Å². The van der Waals surface area contributed by atoms with Crippen LogP contribution in [0.1, 0.15) is 220 Å². The van der Waals surface area contributed by atoms with Crippen LogP contribution < -0.4 is 0 Å². The summed E-state index contributed by atoms with van der Waals surface area (Å²) in [7, 11) is 0. The van der Waals surface area contributed by atoms with Crippen LogP contribution in [-0.2, 0) is 28.6 Å². The maximum absolute atomic E-state index is 12.8. The SMILES string of the molecule is CC/C=C\C/C=C\C/C=C\C/C=C\C/C=C\C/C=C\C/C=C\C/C=C\C/C=C\CCCCCC(=O)OCC(COC(=O)CCCCCCCC)OC(=O)CCC/C=C\C/C=C\C/C=C\C/C=C\C/C=C\C/C=C\C/C=C\CC. The van der Waals surface area contributed by atoms with E-state index in [1.165, 1.54) is 19.3 Å². The Morgan fingerprint density at radius 1 is 0.269 bits per heavy atom. The van der Waals surface area contributed by atoms with E-state index in [0.29, 0.717) is 19.3 Å². The Balaban J connectivity index is 4.34. The molecule has 0 rings (SSSR count). The van der Waals surface area contributed by atoms with Crippen molar-refractivity contribution in [2.24, 2.45) is 0 Å². The molecule has 0 aromatic carbocycles. The van der Waals surface area contributed by atoms with E-state index in [-0.39, 0.29) is 37.5 Å². The van der Waals surface area contributed by atoms with E-state index in [2.05, 4.69) is 215 Å². The summed E-state index contributed by atoms with van der Waals surface area (Å²) in [4.78, 5) is 37.9. The summed E-state index contributed by atoms with van der Waals surface area (Å²) >= 11 is 0. The molecule has 6 heteroatoms. The summed E-state index contributed by atoms with van der Waals surface area (Å²) in [6.45, 7) is 6.24. The molecular weight excluding hydrogens is 961 g/mol. The van der Waals surface area contributed by atoms with Gasteiger partial charge in [-0.05, 0) is 141 Å². The van der Waals surface area contributed by atoms with Crippen LogP contribution in [0, 0.1) is 0 Å². The highest BCUT2D eigenvalue weighted by molar-refractivity contribution is 5.71. The number of ether oxygens (including phenoxy) is 3. The first-order valence-corrected chi connectivity index (χ1v) is 30.4. The third kappa shape index (κ3) is 61.1. The van der Waals surface area contributed by atoms with Crippen molar-refractivity contribution < 1.29 is 28.6 Å². The van der Waals surface area contributed by atoms with Crippen LogP contribution in [0.4, 0.5) is 0 Å². The van der Waals surface area contributed by atoms with E-state index in [9.17, 15) is 14.4 Å². The number of hydrogen-bond donors (Lipinski definition) is 0. The molecule has 0 bridgehead atoms. The second-order valence-electron chi connectivity index (χ2n) is 19.1. The van der Waals surface area contributed by atoms with Crippen LogP contribution in [0.3, 0.4) is 0 Å². The molecular formula is C72H108O6. The number of allylic oxidation sites excluding steroid dienone is 32. The molecule has 432 valence electrons. The van der Waals surface area contributed by atoms with Crippen molar-refractivity contribution in [3.63, 3.8) is 0 Å². The maximum Gasteiger partial charge on any atom is 0.306 e. The highest BCUT2D eigenvalue weighted by Gasteiger charge is 2.19. The fourth-order valence-corrected chi connectivity index (χ4v) is 7.36. The molecule has 6 nitrogen and oxygen atoms in total. The fraction of sp³-hybridized carbons (Fsp3) is 0.514. The first-order chi connectivity index (χ1) is 38.5. The Labute approximate surface area is 477 Å². The second-order valence-corrected chi connectivity index (χ2v) is 19.1. The molecule has 0 aliphatic heterocycles. The molecule has 0 amide bonds. The normalized spacial score (nSPS) is 13.5. The van der Waals surface area contributed by atoms with E-state index >= 15 is 0 Å². The second kappa shape index (κ2) is 63.8. The summed E-state index contributed by atoms with van der Waals surface area (Å²) in [5, 5.41) is 0. The quantitative estimate of drug-likeness (QED) is 0.0261. The zero-order valence-corrected chi connectivity index (χ0v) is 49.3. The average molecular weight is 1070 g/mol. The van der Waals surface area contributed by atoms with Crippen molar-refractivity contribution >= 4 is 17.9 Å². The van der Waals surface area contributed by atoms with Crippen molar-refractivity contribution in [1.82, 2.24) is 0 Å². The summed E-state index contributed by atoms with van der Waals surface area (Å²) in [5.74, 6) is -1.04. The molecule has 0 heterocycles. The summed E-state index contributed by atoms with van der Waals surface area (Å²) in [5.41, 5.74) is 0. The van der Waals surface area contributed by atoms with Crippen LogP contribution in [0.15, 0.2) is 194 Å².